The third-order valence-corrected chi connectivity index (χ3v) is 6.40. The number of hydrogen-bond acceptors (Lipinski definition) is 2. The molecule has 15 heavy (non-hydrogen) atoms. The van der Waals surface area contributed by atoms with Gasteiger partial charge in [-0.2, -0.15) is 0 Å². The molecule has 0 aliphatic rings. The molecule has 0 aliphatic heterocycles. The molecule has 0 atom stereocenters. The van der Waals surface area contributed by atoms with Crippen molar-refractivity contribution in [3.05, 3.63) is 60.7 Å². The molecule has 0 saturated heterocycles. The summed E-state index contributed by atoms with van der Waals surface area (Å²) in [5.41, 5.74) is 0. The molecule has 0 bridgehead atoms. The lowest BCUT2D eigenvalue weighted by atomic mass is 10.4. The van der Waals surface area contributed by atoms with Crippen LogP contribution in [0.2, 0.25) is 0 Å². The van der Waals surface area contributed by atoms with Gasteiger partial charge in [0.15, 0.2) is 0 Å². The molecule has 0 aromatic heterocycles. The Bertz CT molecular complexity index is 349. The first-order valence-corrected chi connectivity index (χ1v) is 8.72. The molecule has 2 rings (SSSR count). The van der Waals surface area contributed by atoms with Crippen molar-refractivity contribution in [3.63, 3.8) is 0 Å². The van der Waals surface area contributed by atoms with Crippen molar-refractivity contribution >= 4 is 29.7 Å². The smallest absolute Gasteiger partial charge is 0.0122 e. The van der Waals surface area contributed by atoms with Crippen LogP contribution in [0.5, 0.6) is 0 Å². The third kappa shape index (κ3) is 3.90. The first-order valence-electron chi connectivity index (χ1n) is 4.64. The summed E-state index contributed by atoms with van der Waals surface area (Å²) in [6.07, 6.45) is 0. The zero-order valence-corrected chi connectivity index (χ0v) is 10.7. The van der Waals surface area contributed by atoms with Crippen LogP contribution in [0.25, 0.3) is 0 Å². The minimum Gasteiger partial charge on any atom is -0.0902 e. The summed E-state index contributed by atoms with van der Waals surface area (Å²) in [5, 5.41) is 0. The Balaban J connectivity index is 1.81. The van der Waals surface area contributed by atoms with E-state index in [1.165, 1.54) is 9.79 Å². The van der Waals surface area contributed by atoms with Crippen LogP contribution in [-0.2, 0) is 0 Å². The van der Waals surface area contributed by atoms with Crippen LogP contribution in [-0.4, -0.2) is 0 Å². The molecule has 0 aliphatic carbocycles. The molecule has 0 amide bonds. The van der Waals surface area contributed by atoms with E-state index in [0.717, 1.165) is 6.98 Å². The second-order valence-corrected chi connectivity index (χ2v) is 7.66. The molecule has 2 aromatic carbocycles. The monoisotopic (exact) mass is 250 g/mol. The van der Waals surface area contributed by atoms with E-state index in [1.54, 1.807) is 0 Å². The molecule has 3 heteroatoms. The molecule has 0 spiro atoms. The van der Waals surface area contributed by atoms with E-state index < -0.39 is 0 Å². The van der Waals surface area contributed by atoms with Crippen LogP contribution in [0.4, 0.5) is 0 Å². The first kappa shape index (κ1) is 11.1. The fraction of sp³-hybridized carbons (Fsp3) is 0. The fourth-order valence-electron chi connectivity index (χ4n) is 1.09. The minimum atomic E-state index is 0.820. The molecule has 76 valence electrons. The Hall–Kier alpha value is -0.430. The quantitative estimate of drug-likeness (QED) is 0.694. The van der Waals surface area contributed by atoms with E-state index in [4.69, 9.17) is 0 Å². The van der Waals surface area contributed by atoms with Crippen LogP contribution in [0.3, 0.4) is 0 Å². The van der Waals surface area contributed by atoms with Gasteiger partial charge in [0, 0.05) is 16.8 Å². The second-order valence-electron chi connectivity index (χ2n) is 2.91. The van der Waals surface area contributed by atoms with Crippen molar-refractivity contribution in [1.29, 1.82) is 0 Å². The van der Waals surface area contributed by atoms with Gasteiger partial charge in [-0.15, -0.1) is 0 Å². The van der Waals surface area contributed by atoms with Gasteiger partial charge in [0.05, 0.1) is 0 Å². The van der Waals surface area contributed by atoms with Gasteiger partial charge in [0.1, 0.15) is 0 Å². The van der Waals surface area contributed by atoms with Gasteiger partial charge in [0.2, 0.25) is 0 Å². The second kappa shape index (κ2) is 6.22. The molecule has 0 fully saturated rings. The summed E-state index contributed by atoms with van der Waals surface area (Å²) >= 11 is 3.81. The lowest BCUT2D eigenvalue weighted by Gasteiger charge is -2.00. The standard InChI is InChI=1S/C12H11PS2/c1-3-7-11(8-4-1)14-13-15-12-9-5-2-6-10-12/h1-10,13H. The Morgan fingerprint density at radius 1 is 0.600 bits per heavy atom. The van der Waals surface area contributed by atoms with Gasteiger partial charge in [-0.1, -0.05) is 59.2 Å². The maximum atomic E-state index is 2.16. The van der Waals surface area contributed by atoms with Gasteiger partial charge in [-0.25, -0.2) is 0 Å². The normalized spacial score (nSPS) is 10.1. The highest BCUT2D eigenvalue weighted by atomic mass is 33.1. The highest BCUT2D eigenvalue weighted by molar-refractivity contribution is 8.82. The molecule has 0 radical (unpaired) electrons. The summed E-state index contributed by atoms with van der Waals surface area (Å²) in [4.78, 5) is 2.69. The largest absolute Gasteiger partial charge is 0.0902 e. The average Bonchev–Trinajstić information content (AvgIpc) is 2.32. The van der Waals surface area contributed by atoms with Crippen molar-refractivity contribution in [3.8, 4) is 0 Å². The molecule has 0 N–H and O–H groups in total. The van der Waals surface area contributed by atoms with Gasteiger partial charge in [-0.05, 0) is 24.3 Å². The van der Waals surface area contributed by atoms with Crippen molar-refractivity contribution in [2.24, 2.45) is 0 Å². The highest BCUT2D eigenvalue weighted by Gasteiger charge is 1.94. The molecule has 0 unspecified atom stereocenters. The van der Waals surface area contributed by atoms with Gasteiger partial charge in [0.25, 0.3) is 0 Å². The molecular weight excluding hydrogens is 239 g/mol. The molecule has 0 heterocycles. The molecule has 0 nitrogen and oxygen atoms in total. The zero-order chi connectivity index (χ0) is 10.3. The fourth-order valence-corrected chi connectivity index (χ4v) is 5.54. The van der Waals surface area contributed by atoms with E-state index in [2.05, 4.69) is 60.7 Å². The van der Waals surface area contributed by atoms with Crippen LogP contribution in [0, 0.1) is 0 Å². The number of benzene rings is 2. The van der Waals surface area contributed by atoms with Crippen LogP contribution in [0.1, 0.15) is 0 Å². The first-order chi connectivity index (χ1) is 7.45. The van der Waals surface area contributed by atoms with Gasteiger partial charge >= 0.3 is 0 Å². The Morgan fingerprint density at radius 3 is 1.40 bits per heavy atom. The van der Waals surface area contributed by atoms with Gasteiger partial charge in [-0.3, -0.25) is 0 Å². The lowest BCUT2D eigenvalue weighted by molar-refractivity contribution is 1.48. The van der Waals surface area contributed by atoms with Crippen LogP contribution < -0.4 is 0 Å². The summed E-state index contributed by atoms with van der Waals surface area (Å²) in [7, 11) is 0. The molecular formula is C12H11PS2. The van der Waals surface area contributed by atoms with Crippen molar-refractivity contribution in [2.45, 2.75) is 9.79 Å². The van der Waals surface area contributed by atoms with Gasteiger partial charge < -0.3 is 0 Å². The predicted molar refractivity (Wildman–Crippen MR) is 72.9 cm³/mol. The number of rotatable bonds is 4. The lowest BCUT2D eigenvalue weighted by Crippen LogP contribution is -1.63. The zero-order valence-electron chi connectivity index (χ0n) is 8.09. The number of hydrogen-bond donors (Lipinski definition) is 0. The van der Waals surface area contributed by atoms with Crippen molar-refractivity contribution in [2.75, 3.05) is 0 Å². The highest BCUT2D eigenvalue weighted by Crippen LogP contribution is 2.50. The summed E-state index contributed by atoms with van der Waals surface area (Å²) < 4.78 is 0. The van der Waals surface area contributed by atoms with E-state index in [1.807, 2.05) is 22.8 Å². The van der Waals surface area contributed by atoms with E-state index in [-0.39, 0.29) is 0 Å². The van der Waals surface area contributed by atoms with Crippen molar-refractivity contribution < 1.29 is 0 Å². The predicted octanol–water partition coefficient (Wildman–Crippen LogP) is 5.08. The third-order valence-electron chi connectivity index (χ3n) is 1.81. The maximum absolute atomic E-state index is 2.16. The van der Waals surface area contributed by atoms with Crippen molar-refractivity contribution in [1.82, 2.24) is 0 Å². The maximum Gasteiger partial charge on any atom is 0.0122 e. The van der Waals surface area contributed by atoms with E-state index in [0.29, 0.717) is 0 Å². The van der Waals surface area contributed by atoms with Crippen LogP contribution in [0.15, 0.2) is 70.5 Å². The SMILES string of the molecule is c1ccc(SPSc2ccccc2)cc1. The topological polar surface area (TPSA) is 0 Å². The summed E-state index contributed by atoms with van der Waals surface area (Å²) in [6.45, 7) is 0.820. The van der Waals surface area contributed by atoms with Crippen LogP contribution >= 0.6 is 29.7 Å². The minimum absolute atomic E-state index is 0.820. The Kier molecular flexibility index (Phi) is 4.59. The van der Waals surface area contributed by atoms with E-state index >= 15 is 0 Å². The average molecular weight is 250 g/mol. The molecule has 0 saturated carbocycles. The summed E-state index contributed by atoms with van der Waals surface area (Å²) in [5.74, 6) is 0. The summed E-state index contributed by atoms with van der Waals surface area (Å²) in [6, 6.07) is 21.1. The Morgan fingerprint density at radius 2 is 1.00 bits per heavy atom. The molecule has 2 aromatic rings. The van der Waals surface area contributed by atoms with E-state index in [9.17, 15) is 0 Å². The Labute approximate surface area is 100 Å².